The Bertz CT molecular complexity index is 805. The molecule has 24 heavy (non-hydrogen) atoms. The molecule has 1 heterocycles. The van der Waals surface area contributed by atoms with Crippen LogP contribution in [0.15, 0.2) is 28.7 Å². The van der Waals surface area contributed by atoms with E-state index in [1.807, 2.05) is 0 Å². The number of hydrogen-bond donors (Lipinski definition) is 0. The maximum absolute atomic E-state index is 14.9. The lowest BCUT2D eigenvalue weighted by atomic mass is 10.1. The van der Waals surface area contributed by atoms with Gasteiger partial charge >= 0.3 is 13.3 Å². The molecule has 0 amide bonds. The van der Waals surface area contributed by atoms with Gasteiger partial charge in [0.05, 0.1) is 18.7 Å². The third-order valence-electron chi connectivity index (χ3n) is 3.19. The van der Waals surface area contributed by atoms with Crippen molar-refractivity contribution in [3.63, 3.8) is 0 Å². The molecular weight excluding hydrogens is 407 g/mol. The van der Waals surface area contributed by atoms with Gasteiger partial charge in [-0.3, -0.25) is 9.36 Å². The molecule has 0 radical (unpaired) electrons. The standard InChI is InChI=1S/C15H15BrF2NO4P/c1-3-22-24(21,23-4-2)15(17,18)12-8-14-10(7-13(12)16)5-6-11(9-20)19-14/h5-9H,3-4H2,1-2H3. The fourth-order valence-corrected chi connectivity index (χ4v) is 4.46. The van der Waals surface area contributed by atoms with Gasteiger partial charge in [-0.25, -0.2) is 4.98 Å². The number of halogens is 3. The first-order valence-corrected chi connectivity index (χ1v) is 9.45. The Morgan fingerprint density at radius 2 is 1.88 bits per heavy atom. The number of aromatic nitrogens is 1. The predicted molar refractivity (Wildman–Crippen MR) is 89.6 cm³/mol. The summed E-state index contributed by atoms with van der Waals surface area (Å²) < 4.78 is 52.0. The topological polar surface area (TPSA) is 65.5 Å². The molecule has 0 aliphatic rings. The van der Waals surface area contributed by atoms with E-state index in [0.29, 0.717) is 11.7 Å². The third-order valence-corrected chi connectivity index (χ3v) is 5.97. The molecule has 0 saturated heterocycles. The van der Waals surface area contributed by atoms with Crippen molar-refractivity contribution in [1.29, 1.82) is 0 Å². The van der Waals surface area contributed by atoms with E-state index in [4.69, 9.17) is 9.05 Å². The van der Waals surface area contributed by atoms with E-state index in [1.165, 1.54) is 26.0 Å². The molecule has 2 aromatic rings. The highest BCUT2D eigenvalue weighted by Crippen LogP contribution is 2.67. The SMILES string of the molecule is CCOP(=O)(OCC)C(F)(F)c1cc2nc(C=O)ccc2cc1Br. The summed E-state index contributed by atoms with van der Waals surface area (Å²) in [6.45, 7) is 2.53. The van der Waals surface area contributed by atoms with Crippen LogP contribution in [0.25, 0.3) is 10.9 Å². The Balaban J connectivity index is 2.65. The van der Waals surface area contributed by atoms with Crippen molar-refractivity contribution in [2.45, 2.75) is 19.5 Å². The van der Waals surface area contributed by atoms with E-state index in [1.54, 1.807) is 6.07 Å². The number of hydrogen-bond acceptors (Lipinski definition) is 5. The van der Waals surface area contributed by atoms with Crippen LogP contribution in [0.5, 0.6) is 0 Å². The smallest absolute Gasteiger partial charge is 0.304 e. The second-order valence-electron chi connectivity index (χ2n) is 4.75. The van der Waals surface area contributed by atoms with E-state index < -0.39 is 18.8 Å². The summed E-state index contributed by atoms with van der Waals surface area (Å²) in [6.07, 6.45) is 0.518. The molecule has 5 nitrogen and oxygen atoms in total. The molecule has 1 aromatic carbocycles. The van der Waals surface area contributed by atoms with Crippen LogP contribution in [-0.2, 0) is 19.3 Å². The minimum absolute atomic E-state index is 0.0419. The zero-order chi connectivity index (χ0) is 18.0. The molecule has 0 fully saturated rings. The normalized spacial score (nSPS) is 12.5. The number of benzene rings is 1. The van der Waals surface area contributed by atoms with Crippen LogP contribution in [0, 0.1) is 0 Å². The van der Waals surface area contributed by atoms with Gasteiger partial charge in [0.2, 0.25) is 0 Å². The van der Waals surface area contributed by atoms with Crippen LogP contribution in [0.2, 0.25) is 0 Å². The zero-order valence-corrected chi connectivity index (χ0v) is 15.4. The number of rotatable bonds is 7. The Kier molecular flexibility index (Phi) is 5.86. The van der Waals surface area contributed by atoms with Crippen LogP contribution in [0.4, 0.5) is 8.78 Å². The highest BCUT2D eigenvalue weighted by atomic mass is 79.9. The molecule has 0 atom stereocenters. The summed E-state index contributed by atoms with van der Waals surface area (Å²) in [5.74, 6) is 0. The van der Waals surface area contributed by atoms with E-state index in [2.05, 4.69) is 20.9 Å². The predicted octanol–water partition coefficient (Wildman–Crippen LogP) is 5.13. The van der Waals surface area contributed by atoms with E-state index in [9.17, 15) is 18.1 Å². The highest BCUT2D eigenvalue weighted by Gasteiger charge is 2.55. The number of alkyl halides is 2. The molecular formula is C15H15BrF2NO4P. The van der Waals surface area contributed by atoms with Crippen LogP contribution in [0.1, 0.15) is 29.9 Å². The monoisotopic (exact) mass is 421 g/mol. The van der Waals surface area contributed by atoms with Crippen LogP contribution < -0.4 is 0 Å². The van der Waals surface area contributed by atoms with Gasteiger partial charge in [-0.1, -0.05) is 22.0 Å². The van der Waals surface area contributed by atoms with Gasteiger partial charge in [0.1, 0.15) is 5.69 Å². The third kappa shape index (κ3) is 3.42. The van der Waals surface area contributed by atoms with Gasteiger partial charge in [-0.2, -0.15) is 8.78 Å². The zero-order valence-electron chi connectivity index (χ0n) is 13.0. The Hall–Kier alpha value is -1.21. The first-order valence-electron chi connectivity index (χ1n) is 7.12. The fraction of sp³-hybridized carbons (Fsp3) is 0.333. The van der Waals surface area contributed by atoms with Crippen LogP contribution in [0.3, 0.4) is 0 Å². The lowest BCUT2D eigenvalue weighted by Gasteiger charge is -2.26. The number of carbonyl (C=O) groups is 1. The number of fused-ring (bicyclic) bond motifs is 1. The molecule has 130 valence electrons. The highest BCUT2D eigenvalue weighted by molar-refractivity contribution is 9.10. The van der Waals surface area contributed by atoms with Crippen LogP contribution >= 0.6 is 23.5 Å². The summed E-state index contributed by atoms with van der Waals surface area (Å²) >= 11 is 3.07. The molecule has 2 rings (SSSR count). The molecule has 1 aromatic heterocycles. The van der Waals surface area contributed by atoms with E-state index in [0.717, 1.165) is 6.07 Å². The summed E-state index contributed by atoms with van der Waals surface area (Å²) in [4.78, 5) is 14.8. The van der Waals surface area contributed by atoms with Gasteiger partial charge in [-0.05, 0) is 32.0 Å². The minimum atomic E-state index is -4.73. The first-order chi connectivity index (χ1) is 11.3. The van der Waals surface area contributed by atoms with Crippen molar-refractivity contribution in [3.05, 3.63) is 40.0 Å². The minimum Gasteiger partial charge on any atom is -0.304 e. The average molecular weight is 422 g/mol. The van der Waals surface area contributed by atoms with Gasteiger partial charge in [-0.15, -0.1) is 0 Å². The average Bonchev–Trinajstić information content (AvgIpc) is 2.54. The van der Waals surface area contributed by atoms with Gasteiger partial charge in [0, 0.05) is 15.4 Å². The maximum atomic E-state index is 14.9. The number of aldehydes is 1. The second-order valence-corrected chi connectivity index (χ2v) is 7.68. The molecule has 0 unspecified atom stereocenters. The lowest BCUT2D eigenvalue weighted by molar-refractivity contribution is 0.0355. The Labute approximate surface area is 146 Å². The molecule has 0 aliphatic carbocycles. The number of carbonyl (C=O) groups excluding carboxylic acids is 1. The maximum Gasteiger partial charge on any atom is 0.404 e. The van der Waals surface area contributed by atoms with Gasteiger partial charge < -0.3 is 9.05 Å². The summed E-state index contributed by atoms with van der Waals surface area (Å²) in [5.41, 5.74) is -4.17. The number of pyridine rings is 1. The van der Waals surface area contributed by atoms with Crippen molar-refractivity contribution in [2.75, 3.05) is 13.2 Å². The van der Waals surface area contributed by atoms with Crippen molar-refractivity contribution in [2.24, 2.45) is 0 Å². The molecule has 0 spiro atoms. The molecule has 0 N–H and O–H groups in total. The van der Waals surface area contributed by atoms with Crippen molar-refractivity contribution in [3.8, 4) is 0 Å². The summed E-state index contributed by atoms with van der Waals surface area (Å²) in [7, 11) is -4.73. The lowest BCUT2D eigenvalue weighted by Crippen LogP contribution is -2.19. The molecule has 0 bridgehead atoms. The largest absolute Gasteiger partial charge is 0.404 e. The summed E-state index contributed by atoms with van der Waals surface area (Å²) in [5, 5.41) is 0.551. The van der Waals surface area contributed by atoms with Gasteiger partial charge in [0.25, 0.3) is 0 Å². The second kappa shape index (κ2) is 7.35. The van der Waals surface area contributed by atoms with Crippen LogP contribution in [-0.4, -0.2) is 24.5 Å². The Morgan fingerprint density at radius 1 is 1.25 bits per heavy atom. The Morgan fingerprint density at radius 3 is 2.42 bits per heavy atom. The van der Waals surface area contributed by atoms with E-state index >= 15 is 0 Å². The van der Waals surface area contributed by atoms with Crippen molar-refractivity contribution >= 4 is 40.7 Å². The summed E-state index contributed by atoms with van der Waals surface area (Å²) in [6, 6.07) is 5.56. The number of nitrogens with zero attached hydrogens (tertiary/aromatic N) is 1. The van der Waals surface area contributed by atoms with Crippen molar-refractivity contribution < 1.29 is 27.2 Å². The fourth-order valence-electron chi connectivity index (χ4n) is 2.14. The van der Waals surface area contributed by atoms with Gasteiger partial charge in [0.15, 0.2) is 6.29 Å². The molecule has 0 saturated carbocycles. The van der Waals surface area contributed by atoms with E-state index in [-0.39, 0.29) is 28.9 Å². The van der Waals surface area contributed by atoms with Crippen molar-refractivity contribution in [1.82, 2.24) is 4.98 Å². The quantitative estimate of drug-likeness (QED) is 0.458. The molecule has 0 aliphatic heterocycles. The molecule has 9 heteroatoms. The first kappa shape index (κ1) is 19.1.